The summed E-state index contributed by atoms with van der Waals surface area (Å²) < 4.78 is 0. The molecule has 1 aliphatic heterocycles. The van der Waals surface area contributed by atoms with Crippen molar-refractivity contribution in [3.05, 3.63) is 0 Å². The molecule has 1 nitrogen and oxygen atoms in total. The van der Waals surface area contributed by atoms with Crippen molar-refractivity contribution < 1.29 is 0 Å². The summed E-state index contributed by atoms with van der Waals surface area (Å²) in [7, 11) is 0. The molecule has 2 atom stereocenters. The van der Waals surface area contributed by atoms with Gasteiger partial charge in [0.15, 0.2) is 0 Å². The Labute approximate surface area is 89.7 Å². The van der Waals surface area contributed by atoms with E-state index in [1.54, 1.807) is 0 Å². The van der Waals surface area contributed by atoms with Crippen molar-refractivity contribution in [2.24, 2.45) is 11.3 Å². The van der Waals surface area contributed by atoms with Crippen molar-refractivity contribution in [1.29, 1.82) is 0 Å². The van der Waals surface area contributed by atoms with Crippen LogP contribution in [-0.4, -0.2) is 13.1 Å². The van der Waals surface area contributed by atoms with Crippen LogP contribution < -0.4 is 5.32 Å². The second-order valence-electron chi connectivity index (χ2n) is 4.98. The highest BCUT2D eigenvalue weighted by molar-refractivity contribution is 4.89. The minimum absolute atomic E-state index is 0.718. The summed E-state index contributed by atoms with van der Waals surface area (Å²) >= 11 is 0. The van der Waals surface area contributed by atoms with Crippen molar-refractivity contribution >= 4 is 0 Å². The van der Waals surface area contributed by atoms with Crippen LogP contribution in [-0.2, 0) is 0 Å². The first-order valence-corrected chi connectivity index (χ1v) is 6.52. The van der Waals surface area contributed by atoms with Gasteiger partial charge in [0.2, 0.25) is 0 Å². The molecule has 2 unspecified atom stereocenters. The second-order valence-corrected chi connectivity index (χ2v) is 4.98. The lowest BCUT2D eigenvalue weighted by atomic mass is 9.66. The summed E-state index contributed by atoms with van der Waals surface area (Å²) in [5, 5.41) is 3.57. The van der Waals surface area contributed by atoms with Gasteiger partial charge >= 0.3 is 0 Å². The van der Waals surface area contributed by atoms with Crippen LogP contribution in [0.15, 0.2) is 0 Å². The van der Waals surface area contributed by atoms with Gasteiger partial charge in [0, 0.05) is 6.54 Å². The van der Waals surface area contributed by atoms with Gasteiger partial charge in [-0.05, 0) is 43.6 Å². The minimum atomic E-state index is 0.718. The van der Waals surface area contributed by atoms with Crippen LogP contribution >= 0.6 is 0 Å². The van der Waals surface area contributed by atoms with Gasteiger partial charge in [0.25, 0.3) is 0 Å². The Bertz CT molecular complexity index is 142. The Morgan fingerprint density at radius 3 is 2.43 bits per heavy atom. The monoisotopic (exact) mass is 197 g/mol. The maximum absolute atomic E-state index is 3.57. The Balaban J connectivity index is 0.000000461. The van der Waals surface area contributed by atoms with E-state index in [1.807, 2.05) is 13.8 Å². The van der Waals surface area contributed by atoms with Crippen LogP contribution in [0.4, 0.5) is 0 Å². The van der Waals surface area contributed by atoms with Gasteiger partial charge in [-0.15, -0.1) is 0 Å². The molecular formula is C13H27N. The van der Waals surface area contributed by atoms with E-state index in [0.717, 1.165) is 11.3 Å². The van der Waals surface area contributed by atoms with E-state index in [2.05, 4.69) is 12.2 Å². The van der Waals surface area contributed by atoms with Crippen molar-refractivity contribution in [2.75, 3.05) is 13.1 Å². The van der Waals surface area contributed by atoms with Gasteiger partial charge < -0.3 is 5.32 Å². The Morgan fingerprint density at radius 2 is 1.86 bits per heavy atom. The molecule has 2 rings (SSSR count). The van der Waals surface area contributed by atoms with E-state index in [9.17, 15) is 0 Å². The molecule has 2 fully saturated rings. The normalized spacial score (nSPS) is 37.5. The fraction of sp³-hybridized carbons (Fsp3) is 1.00. The van der Waals surface area contributed by atoms with E-state index >= 15 is 0 Å². The summed E-state index contributed by atoms with van der Waals surface area (Å²) in [6, 6.07) is 0. The Morgan fingerprint density at radius 1 is 1.14 bits per heavy atom. The quantitative estimate of drug-likeness (QED) is 0.626. The van der Waals surface area contributed by atoms with Gasteiger partial charge in [-0.2, -0.15) is 0 Å². The van der Waals surface area contributed by atoms with Crippen LogP contribution in [0.1, 0.15) is 59.3 Å². The van der Waals surface area contributed by atoms with Gasteiger partial charge in [-0.3, -0.25) is 0 Å². The summed E-state index contributed by atoms with van der Waals surface area (Å²) in [5.74, 6) is 0.985. The molecule has 1 saturated heterocycles. The summed E-state index contributed by atoms with van der Waals surface area (Å²) in [4.78, 5) is 0. The first-order chi connectivity index (χ1) is 6.81. The van der Waals surface area contributed by atoms with E-state index in [0.29, 0.717) is 0 Å². The summed E-state index contributed by atoms with van der Waals surface area (Å²) in [6.45, 7) is 8.99. The highest BCUT2D eigenvalue weighted by atomic mass is 14.9. The SMILES string of the molecule is CC.CC1CCCC2(CCCNC2)C1. The highest BCUT2D eigenvalue weighted by Crippen LogP contribution is 2.43. The standard InChI is InChI=1S/C11H21N.C2H6/c1-10-4-2-5-11(8-10)6-3-7-12-9-11;1-2/h10,12H,2-9H2,1H3;1-2H3. The molecule has 1 heterocycles. The lowest BCUT2D eigenvalue weighted by Crippen LogP contribution is -2.42. The largest absolute Gasteiger partial charge is 0.316 e. The van der Waals surface area contributed by atoms with E-state index in [4.69, 9.17) is 0 Å². The maximum Gasteiger partial charge on any atom is 0.000791 e. The molecule has 84 valence electrons. The lowest BCUT2D eigenvalue weighted by molar-refractivity contribution is 0.108. The molecule has 0 amide bonds. The summed E-state index contributed by atoms with van der Waals surface area (Å²) in [5.41, 5.74) is 0.718. The van der Waals surface area contributed by atoms with Crippen LogP contribution in [0, 0.1) is 11.3 Å². The third-order valence-electron chi connectivity index (χ3n) is 3.75. The fourth-order valence-corrected chi connectivity index (χ4v) is 3.19. The topological polar surface area (TPSA) is 12.0 Å². The molecule has 1 N–H and O–H groups in total. The van der Waals surface area contributed by atoms with Crippen LogP contribution in [0.2, 0.25) is 0 Å². The van der Waals surface area contributed by atoms with Crippen LogP contribution in [0.25, 0.3) is 0 Å². The Kier molecular flexibility index (Phi) is 4.94. The lowest BCUT2D eigenvalue weighted by Gasteiger charge is -2.43. The molecule has 1 aliphatic carbocycles. The fourth-order valence-electron chi connectivity index (χ4n) is 3.19. The van der Waals surface area contributed by atoms with E-state index in [-0.39, 0.29) is 0 Å². The predicted molar refractivity (Wildman–Crippen MR) is 63.5 cm³/mol. The van der Waals surface area contributed by atoms with Gasteiger partial charge in [-0.1, -0.05) is 33.6 Å². The molecule has 0 aromatic rings. The van der Waals surface area contributed by atoms with E-state index < -0.39 is 0 Å². The molecule has 1 saturated carbocycles. The number of rotatable bonds is 0. The molecule has 1 spiro atoms. The van der Waals surface area contributed by atoms with Gasteiger partial charge in [0.1, 0.15) is 0 Å². The second kappa shape index (κ2) is 5.75. The molecular weight excluding hydrogens is 170 g/mol. The van der Waals surface area contributed by atoms with Crippen LogP contribution in [0.3, 0.4) is 0 Å². The number of hydrogen-bond acceptors (Lipinski definition) is 1. The molecule has 0 radical (unpaired) electrons. The molecule has 0 aromatic heterocycles. The average Bonchev–Trinajstić information content (AvgIpc) is 2.21. The summed E-state index contributed by atoms with van der Waals surface area (Å²) in [6.07, 6.45) is 8.83. The zero-order valence-electron chi connectivity index (χ0n) is 10.2. The smallest absolute Gasteiger partial charge is 0.000791 e. The first-order valence-electron chi connectivity index (χ1n) is 6.52. The highest BCUT2D eigenvalue weighted by Gasteiger charge is 2.35. The van der Waals surface area contributed by atoms with Crippen LogP contribution in [0.5, 0.6) is 0 Å². The maximum atomic E-state index is 3.57. The third kappa shape index (κ3) is 2.98. The van der Waals surface area contributed by atoms with Crippen molar-refractivity contribution in [3.8, 4) is 0 Å². The van der Waals surface area contributed by atoms with Gasteiger partial charge in [-0.25, -0.2) is 0 Å². The Hall–Kier alpha value is -0.0400. The third-order valence-corrected chi connectivity index (χ3v) is 3.75. The number of nitrogens with one attached hydrogen (secondary N) is 1. The number of hydrogen-bond donors (Lipinski definition) is 1. The molecule has 1 heteroatoms. The van der Waals surface area contributed by atoms with Crippen molar-refractivity contribution in [1.82, 2.24) is 5.32 Å². The molecule has 0 bridgehead atoms. The number of piperidine rings is 1. The minimum Gasteiger partial charge on any atom is -0.316 e. The average molecular weight is 197 g/mol. The molecule has 0 aromatic carbocycles. The predicted octanol–water partition coefficient (Wildman–Crippen LogP) is 3.59. The zero-order chi connectivity index (χ0) is 10.4. The molecule has 14 heavy (non-hydrogen) atoms. The van der Waals surface area contributed by atoms with Crippen molar-refractivity contribution in [3.63, 3.8) is 0 Å². The molecule has 2 aliphatic rings. The first kappa shape index (κ1) is 12.0. The van der Waals surface area contributed by atoms with Gasteiger partial charge in [0.05, 0.1) is 0 Å². The van der Waals surface area contributed by atoms with Crippen molar-refractivity contribution in [2.45, 2.75) is 59.3 Å². The zero-order valence-corrected chi connectivity index (χ0v) is 10.2. The van der Waals surface area contributed by atoms with E-state index in [1.165, 1.54) is 51.6 Å².